The Morgan fingerprint density at radius 2 is 1.67 bits per heavy atom. The third kappa shape index (κ3) is 3.49. The number of hydrogen-bond acceptors (Lipinski definition) is 4. The summed E-state index contributed by atoms with van der Waals surface area (Å²) in [6.07, 6.45) is 8.20. The summed E-state index contributed by atoms with van der Waals surface area (Å²) in [6.45, 7) is 9.06. The van der Waals surface area contributed by atoms with E-state index >= 15 is 0 Å². The molecule has 0 aromatic carbocycles. The second kappa shape index (κ2) is 8.32. The van der Waals surface area contributed by atoms with E-state index in [0.29, 0.717) is 29.6 Å². The van der Waals surface area contributed by atoms with Crippen LogP contribution in [0.15, 0.2) is 0 Å². The van der Waals surface area contributed by atoms with Crippen LogP contribution in [-0.4, -0.2) is 44.8 Å². The zero-order chi connectivity index (χ0) is 21.8. The molecule has 4 rings (SSSR count). The third-order valence-electron chi connectivity index (χ3n) is 10.9. The van der Waals surface area contributed by atoms with Gasteiger partial charge in [0, 0.05) is 0 Å². The number of aliphatic hydroxyl groups excluding tert-OH is 4. The van der Waals surface area contributed by atoms with Crippen molar-refractivity contribution in [3.8, 4) is 0 Å². The van der Waals surface area contributed by atoms with Crippen molar-refractivity contribution in [2.75, 3.05) is 0 Å². The van der Waals surface area contributed by atoms with Crippen LogP contribution in [0.3, 0.4) is 0 Å². The highest BCUT2D eigenvalue weighted by Crippen LogP contribution is 2.68. The van der Waals surface area contributed by atoms with Gasteiger partial charge in [-0.05, 0) is 111 Å². The van der Waals surface area contributed by atoms with Crippen molar-refractivity contribution >= 4 is 0 Å². The lowest BCUT2D eigenvalue weighted by Gasteiger charge is -2.63. The van der Waals surface area contributed by atoms with E-state index in [1.165, 1.54) is 0 Å². The molecule has 0 bridgehead atoms. The minimum Gasteiger partial charge on any atom is -0.393 e. The van der Waals surface area contributed by atoms with Gasteiger partial charge < -0.3 is 20.4 Å². The molecule has 0 saturated heterocycles. The predicted molar refractivity (Wildman–Crippen MR) is 119 cm³/mol. The van der Waals surface area contributed by atoms with E-state index in [0.717, 1.165) is 64.2 Å². The van der Waals surface area contributed by atoms with Gasteiger partial charge in [-0.25, -0.2) is 0 Å². The van der Waals surface area contributed by atoms with Crippen molar-refractivity contribution < 1.29 is 20.4 Å². The van der Waals surface area contributed by atoms with Crippen LogP contribution in [0.2, 0.25) is 0 Å². The maximum absolute atomic E-state index is 11.6. The average molecular weight is 423 g/mol. The molecule has 4 nitrogen and oxygen atoms in total. The first-order chi connectivity index (χ1) is 14.1. The molecule has 4 N–H and O–H groups in total. The van der Waals surface area contributed by atoms with Gasteiger partial charge in [0.05, 0.1) is 24.4 Å². The van der Waals surface area contributed by atoms with Gasteiger partial charge >= 0.3 is 0 Å². The Morgan fingerprint density at radius 1 is 0.933 bits per heavy atom. The first-order valence-electron chi connectivity index (χ1n) is 12.8. The summed E-state index contributed by atoms with van der Waals surface area (Å²) in [7, 11) is 0. The van der Waals surface area contributed by atoms with Crippen LogP contribution in [0.25, 0.3) is 0 Å². The first kappa shape index (κ1) is 23.0. The van der Waals surface area contributed by atoms with Crippen molar-refractivity contribution in [1.82, 2.24) is 0 Å². The van der Waals surface area contributed by atoms with Crippen LogP contribution in [0.4, 0.5) is 0 Å². The van der Waals surface area contributed by atoms with Gasteiger partial charge in [-0.1, -0.05) is 27.7 Å². The molecule has 174 valence electrons. The Hall–Kier alpha value is -0.160. The van der Waals surface area contributed by atoms with Crippen molar-refractivity contribution in [3.05, 3.63) is 0 Å². The first-order valence-corrected chi connectivity index (χ1v) is 12.8. The zero-order valence-electron chi connectivity index (χ0n) is 19.6. The van der Waals surface area contributed by atoms with Gasteiger partial charge in [-0.15, -0.1) is 0 Å². The number of rotatable bonds is 5. The molecular weight excluding hydrogens is 376 g/mol. The van der Waals surface area contributed by atoms with E-state index in [-0.39, 0.29) is 41.2 Å². The fourth-order valence-corrected chi connectivity index (χ4v) is 8.99. The minimum absolute atomic E-state index is 0.129. The molecule has 30 heavy (non-hydrogen) atoms. The molecule has 4 saturated carbocycles. The largest absolute Gasteiger partial charge is 0.393 e. The zero-order valence-corrected chi connectivity index (χ0v) is 19.6. The molecule has 0 aromatic rings. The highest BCUT2D eigenvalue weighted by Gasteiger charge is 2.65. The maximum atomic E-state index is 11.6. The summed E-state index contributed by atoms with van der Waals surface area (Å²) in [6, 6.07) is 0. The summed E-state index contributed by atoms with van der Waals surface area (Å²) >= 11 is 0. The van der Waals surface area contributed by atoms with Gasteiger partial charge in [0.2, 0.25) is 0 Å². The van der Waals surface area contributed by atoms with Gasteiger partial charge in [-0.3, -0.25) is 0 Å². The summed E-state index contributed by atoms with van der Waals surface area (Å²) in [5.41, 5.74) is 0.0104. The molecule has 0 spiro atoms. The normalized spacial score (nSPS) is 52.8. The molecular formula is C26H46O4. The molecule has 0 heterocycles. The lowest BCUT2D eigenvalue weighted by atomic mass is 9.43. The van der Waals surface area contributed by atoms with Crippen LogP contribution in [0.1, 0.15) is 91.9 Å². The topological polar surface area (TPSA) is 80.9 Å². The van der Waals surface area contributed by atoms with Crippen LogP contribution in [0.5, 0.6) is 0 Å². The van der Waals surface area contributed by atoms with E-state index in [1.54, 1.807) is 0 Å². The lowest BCUT2D eigenvalue weighted by molar-refractivity contribution is -0.207. The molecule has 0 aliphatic heterocycles. The Bertz CT molecular complexity index is 610. The number of fused-ring (bicyclic) bond motifs is 5. The number of aliphatic hydroxyl groups is 4. The minimum atomic E-state index is -0.315. The van der Waals surface area contributed by atoms with Crippen LogP contribution in [-0.2, 0) is 0 Å². The summed E-state index contributed by atoms with van der Waals surface area (Å²) in [5.74, 6) is 2.36. The lowest BCUT2D eigenvalue weighted by Crippen LogP contribution is -2.62. The van der Waals surface area contributed by atoms with Crippen molar-refractivity contribution in [2.24, 2.45) is 46.3 Å². The Labute approximate surface area is 183 Å². The quantitative estimate of drug-likeness (QED) is 0.537. The monoisotopic (exact) mass is 422 g/mol. The third-order valence-corrected chi connectivity index (χ3v) is 10.9. The van der Waals surface area contributed by atoms with Gasteiger partial charge in [0.15, 0.2) is 0 Å². The van der Waals surface area contributed by atoms with Gasteiger partial charge in [0.25, 0.3) is 0 Å². The summed E-state index contributed by atoms with van der Waals surface area (Å²) < 4.78 is 0. The van der Waals surface area contributed by atoms with Crippen LogP contribution >= 0.6 is 0 Å². The molecule has 4 aliphatic carbocycles. The van der Waals surface area contributed by atoms with E-state index in [1.807, 2.05) is 6.92 Å². The van der Waals surface area contributed by atoms with E-state index in [9.17, 15) is 20.4 Å². The predicted octanol–water partition coefficient (Wildman–Crippen LogP) is 4.14. The summed E-state index contributed by atoms with van der Waals surface area (Å²) in [5, 5.41) is 43.2. The highest BCUT2D eigenvalue weighted by atomic mass is 16.3. The Balaban J connectivity index is 1.57. The molecule has 12 atom stereocenters. The Kier molecular flexibility index (Phi) is 6.38. The maximum Gasteiger partial charge on any atom is 0.0602 e. The van der Waals surface area contributed by atoms with Crippen molar-refractivity contribution in [1.29, 1.82) is 0 Å². The smallest absolute Gasteiger partial charge is 0.0602 e. The van der Waals surface area contributed by atoms with Crippen LogP contribution in [0, 0.1) is 46.3 Å². The van der Waals surface area contributed by atoms with E-state index in [4.69, 9.17) is 0 Å². The van der Waals surface area contributed by atoms with Gasteiger partial charge in [0.1, 0.15) is 0 Å². The SMILES string of the molecule is CCC(O)CCC(C)C1CCC2C3C(O)CC4CC(O)CCC4(C)C3CC(O)C12C. The average Bonchev–Trinajstić information content (AvgIpc) is 3.06. The van der Waals surface area contributed by atoms with Crippen LogP contribution < -0.4 is 0 Å². The highest BCUT2D eigenvalue weighted by molar-refractivity contribution is 5.14. The molecule has 4 aliphatic rings. The molecule has 0 radical (unpaired) electrons. The summed E-state index contributed by atoms with van der Waals surface area (Å²) in [4.78, 5) is 0. The molecule has 4 heteroatoms. The van der Waals surface area contributed by atoms with Crippen molar-refractivity contribution in [2.45, 2.75) is 116 Å². The molecule has 4 fully saturated rings. The van der Waals surface area contributed by atoms with E-state index < -0.39 is 0 Å². The fourth-order valence-electron chi connectivity index (χ4n) is 8.99. The number of hydrogen-bond donors (Lipinski definition) is 4. The second-order valence-electron chi connectivity index (χ2n) is 12.1. The molecule has 0 aromatic heterocycles. The van der Waals surface area contributed by atoms with Gasteiger partial charge in [-0.2, -0.15) is 0 Å². The molecule has 12 unspecified atom stereocenters. The molecule has 0 amide bonds. The van der Waals surface area contributed by atoms with E-state index in [2.05, 4.69) is 20.8 Å². The van der Waals surface area contributed by atoms with Crippen molar-refractivity contribution in [3.63, 3.8) is 0 Å². The Morgan fingerprint density at radius 3 is 2.37 bits per heavy atom. The fraction of sp³-hybridized carbons (Fsp3) is 1.00. The second-order valence-corrected chi connectivity index (χ2v) is 12.1. The standard InChI is InChI=1S/C26H46O4/c1-5-17(27)7-6-15(2)19-8-9-20-24-21(14-23(30)26(19,20)4)25(3)11-10-18(28)12-16(25)13-22(24)29/h15-24,27-30H,5-14H2,1-4H3.